The maximum atomic E-state index is 9.39. The summed E-state index contributed by atoms with van der Waals surface area (Å²) in [6, 6.07) is 2.45. The molecule has 4 aliphatic rings. The molecular formula is C11H9NO2. The van der Waals surface area contributed by atoms with Crippen LogP contribution in [0.5, 0.6) is 0 Å². The number of nitriles is 1. The highest BCUT2D eigenvalue weighted by molar-refractivity contribution is 5.38. The van der Waals surface area contributed by atoms with Gasteiger partial charge in [-0.25, -0.2) is 0 Å². The van der Waals surface area contributed by atoms with Crippen molar-refractivity contribution in [1.29, 1.82) is 5.26 Å². The lowest BCUT2D eigenvalue weighted by Gasteiger charge is -2.31. The number of fused-ring (bicyclic) bond motifs is 9. The third-order valence-corrected chi connectivity index (χ3v) is 3.95. The third kappa shape index (κ3) is 0.506. The van der Waals surface area contributed by atoms with Crippen LogP contribution in [-0.2, 0) is 9.47 Å². The predicted molar refractivity (Wildman–Crippen MR) is 47.1 cm³/mol. The molecule has 4 rings (SSSR count). The Hall–Kier alpha value is -1.11. The number of hydrogen-bond donors (Lipinski definition) is 0. The lowest BCUT2D eigenvalue weighted by Crippen LogP contribution is -2.43. The highest BCUT2D eigenvalue weighted by Crippen LogP contribution is 2.60. The molecule has 0 aromatic heterocycles. The molecule has 0 saturated carbocycles. The SMILES string of the molecule is N#CC12C([C@H]3C=C[C@@H]1O3)[C@H]1C=C[C@@H]2O1. The van der Waals surface area contributed by atoms with E-state index in [4.69, 9.17) is 9.47 Å². The summed E-state index contributed by atoms with van der Waals surface area (Å²) in [4.78, 5) is 0. The molecule has 4 atom stereocenters. The molecule has 0 unspecified atom stereocenters. The first kappa shape index (κ1) is 7.22. The van der Waals surface area contributed by atoms with Gasteiger partial charge in [-0.2, -0.15) is 5.26 Å². The number of nitrogens with zero attached hydrogens (tertiary/aromatic N) is 1. The van der Waals surface area contributed by atoms with Crippen LogP contribution in [0.3, 0.4) is 0 Å². The molecule has 0 N–H and O–H groups in total. The van der Waals surface area contributed by atoms with Crippen molar-refractivity contribution in [3.63, 3.8) is 0 Å². The molecule has 0 aliphatic carbocycles. The van der Waals surface area contributed by atoms with E-state index in [0.717, 1.165) is 0 Å². The van der Waals surface area contributed by atoms with E-state index in [9.17, 15) is 5.26 Å². The van der Waals surface area contributed by atoms with Gasteiger partial charge in [-0.3, -0.25) is 0 Å². The van der Waals surface area contributed by atoms with Crippen LogP contribution in [0.1, 0.15) is 0 Å². The van der Waals surface area contributed by atoms with Crippen molar-refractivity contribution in [2.45, 2.75) is 24.4 Å². The first-order valence-electron chi connectivity index (χ1n) is 4.95. The molecule has 4 aliphatic heterocycles. The highest BCUT2D eigenvalue weighted by Gasteiger charge is 2.70. The minimum Gasteiger partial charge on any atom is -0.365 e. The molecule has 4 bridgehead atoms. The molecule has 70 valence electrons. The van der Waals surface area contributed by atoms with E-state index in [1.54, 1.807) is 0 Å². The van der Waals surface area contributed by atoms with E-state index < -0.39 is 5.41 Å². The average Bonchev–Trinajstić information content (AvgIpc) is 2.95. The summed E-state index contributed by atoms with van der Waals surface area (Å²) < 4.78 is 11.5. The summed E-state index contributed by atoms with van der Waals surface area (Å²) in [5.74, 6) is 0.220. The molecule has 3 nitrogen and oxygen atoms in total. The molecule has 3 heteroatoms. The summed E-state index contributed by atoms with van der Waals surface area (Å²) in [5, 5.41) is 9.39. The van der Waals surface area contributed by atoms with E-state index in [2.05, 4.69) is 18.2 Å². The zero-order valence-corrected chi connectivity index (χ0v) is 7.46. The van der Waals surface area contributed by atoms with Gasteiger partial charge in [0, 0.05) is 5.92 Å². The van der Waals surface area contributed by atoms with Gasteiger partial charge in [0.2, 0.25) is 0 Å². The fraction of sp³-hybridized carbons (Fsp3) is 0.545. The fourth-order valence-corrected chi connectivity index (χ4v) is 3.37. The lowest BCUT2D eigenvalue weighted by molar-refractivity contribution is 0.0133. The third-order valence-electron chi connectivity index (χ3n) is 3.95. The Labute approximate surface area is 81.6 Å². The van der Waals surface area contributed by atoms with E-state index in [-0.39, 0.29) is 30.3 Å². The van der Waals surface area contributed by atoms with Crippen LogP contribution >= 0.6 is 0 Å². The fourth-order valence-electron chi connectivity index (χ4n) is 3.37. The Bertz CT molecular complexity index is 378. The Morgan fingerprint density at radius 3 is 2.00 bits per heavy atom. The minimum atomic E-state index is -0.432. The Kier molecular flexibility index (Phi) is 1.01. The summed E-state index contributed by atoms with van der Waals surface area (Å²) >= 11 is 0. The molecule has 0 spiro atoms. The summed E-state index contributed by atoms with van der Waals surface area (Å²) in [7, 11) is 0. The molecular weight excluding hydrogens is 178 g/mol. The average molecular weight is 187 g/mol. The Morgan fingerprint density at radius 2 is 1.57 bits per heavy atom. The second-order valence-corrected chi connectivity index (χ2v) is 4.38. The van der Waals surface area contributed by atoms with Crippen molar-refractivity contribution in [1.82, 2.24) is 0 Å². The zero-order chi connectivity index (χ0) is 9.34. The Morgan fingerprint density at radius 1 is 1.00 bits per heavy atom. The largest absolute Gasteiger partial charge is 0.365 e. The standard InChI is InChI=1S/C11H9NO2/c12-5-11-8-3-1-6(13-8)10(11)7-2-4-9(11)14-7/h1-4,6-10H/t6-,7-,8+,9+,10?,11?/m1/s1. The van der Waals surface area contributed by atoms with Crippen LogP contribution in [0.2, 0.25) is 0 Å². The van der Waals surface area contributed by atoms with Crippen molar-refractivity contribution < 1.29 is 9.47 Å². The first-order chi connectivity index (χ1) is 6.86. The molecule has 0 aromatic carbocycles. The van der Waals surface area contributed by atoms with Gasteiger partial charge in [0.05, 0.1) is 30.5 Å². The van der Waals surface area contributed by atoms with Crippen molar-refractivity contribution >= 4 is 0 Å². The van der Waals surface area contributed by atoms with Crippen LogP contribution in [0.25, 0.3) is 0 Å². The molecule has 2 saturated heterocycles. The Balaban J connectivity index is 1.96. The normalized spacial score (nSPS) is 60.6. The van der Waals surface area contributed by atoms with Crippen molar-refractivity contribution in [2.24, 2.45) is 11.3 Å². The molecule has 0 amide bonds. The quantitative estimate of drug-likeness (QED) is 0.526. The number of ether oxygens (including phenoxy) is 2. The smallest absolute Gasteiger partial charge is 0.125 e. The molecule has 0 radical (unpaired) electrons. The van der Waals surface area contributed by atoms with Crippen LogP contribution in [0.15, 0.2) is 24.3 Å². The minimum absolute atomic E-state index is 0.0533. The van der Waals surface area contributed by atoms with Crippen molar-refractivity contribution in [3.05, 3.63) is 24.3 Å². The number of rotatable bonds is 0. The van der Waals surface area contributed by atoms with Gasteiger partial charge in [-0.15, -0.1) is 0 Å². The van der Waals surface area contributed by atoms with E-state index >= 15 is 0 Å². The second kappa shape index (κ2) is 1.95. The van der Waals surface area contributed by atoms with Crippen molar-refractivity contribution in [3.8, 4) is 6.07 Å². The van der Waals surface area contributed by atoms with E-state index in [1.807, 2.05) is 12.2 Å². The van der Waals surface area contributed by atoms with Crippen molar-refractivity contribution in [2.75, 3.05) is 0 Å². The molecule has 2 fully saturated rings. The maximum absolute atomic E-state index is 9.39. The molecule has 14 heavy (non-hydrogen) atoms. The van der Waals surface area contributed by atoms with Gasteiger partial charge >= 0.3 is 0 Å². The van der Waals surface area contributed by atoms with Crippen LogP contribution < -0.4 is 0 Å². The summed E-state index contributed by atoms with van der Waals surface area (Å²) in [5.41, 5.74) is -0.432. The van der Waals surface area contributed by atoms with Gasteiger partial charge in [0.25, 0.3) is 0 Å². The second-order valence-electron chi connectivity index (χ2n) is 4.38. The number of hydrogen-bond acceptors (Lipinski definition) is 3. The monoisotopic (exact) mass is 187 g/mol. The van der Waals surface area contributed by atoms with Crippen LogP contribution in [-0.4, -0.2) is 24.4 Å². The lowest BCUT2D eigenvalue weighted by atomic mass is 9.64. The first-order valence-corrected chi connectivity index (χ1v) is 4.95. The summed E-state index contributed by atoms with van der Waals surface area (Å²) in [6.45, 7) is 0. The van der Waals surface area contributed by atoms with Gasteiger partial charge in [-0.1, -0.05) is 24.3 Å². The molecule has 4 heterocycles. The highest BCUT2D eigenvalue weighted by atomic mass is 16.5. The van der Waals surface area contributed by atoms with E-state index in [1.165, 1.54) is 0 Å². The zero-order valence-electron chi connectivity index (χ0n) is 7.46. The van der Waals surface area contributed by atoms with E-state index in [0.29, 0.717) is 0 Å². The van der Waals surface area contributed by atoms with Crippen LogP contribution in [0, 0.1) is 22.7 Å². The van der Waals surface area contributed by atoms with Gasteiger partial charge in [0.15, 0.2) is 0 Å². The molecule has 0 aromatic rings. The van der Waals surface area contributed by atoms with Gasteiger partial charge in [-0.05, 0) is 0 Å². The predicted octanol–water partition coefficient (Wildman–Crippen LogP) is 0.787. The van der Waals surface area contributed by atoms with Gasteiger partial charge < -0.3 is 9.47 Å². The topological polar surface area (TPSA) is 42.2 Å². The van der Waals surface area contributed by atoms with Crippen LogP contribution in [0.4, 0.5) is 0 Å². The maximum Gasteiger partial charge on any atom is 0.125 e. The summed E-state index contributed by atoms with van der Waals surface area (Å²) in [6.07, 6.45) is 8.26. The van der Waals surface area contributed by atoms with Gasteiger partial charge in [0.1, 0.15) is 5.41 Å².